The summed E-state index contributed by atoms with van der Waals surface area (Å²) in [6.45, 7) is 7.04. The Morgan fingerprint density at radius 2 is 1.29 bits per heavy atom. The van der Waals surface area contributed by atoms with E-state index in [0.29, 0.717) is 6.42 Å². The molecule has 2 rings (SSSR count). The molecule has 0 aromatic heterocycles. The minimum Gasteiger partial charge on any atom is -0.481 e. The Morgan fingerprint density at radius 3 is 1.53 bits per heavy atom. The van der Waals surface area contributed by atoms with Crippen molar-refractivity contribution in [3.05, 3.63) is 11.1 Å². The van der Waals surface area contributed by atoms with Gasteiger partial charge < -0.3 is 10.2 Å². The molecule has 2 N–H and O–H groups in total. The van der Waals surface area contributed by atoms with Crippen LogP contribution in [0, 0.1) is 22.7 Å². The molecule has 0 aromatic rings. The Balaban J connectivity index is 2.69. The molecule has 4 atom stereocenters. The molecule has 0 saturated heterocycles. The predicted octanol–water partition coefficient (Wildman–Crippen LogP) is 2.15. The third-order valence-corrected chi connectivity index (χ3v) is 5.50. The fourth-order valence-corrected chi connectivity index (χ4v) is 3.94. The van der Waals surface area contributed by atoms with Crippen molar-refractivity contribution in [2.75, 3.05) is 0 Å². The number of carbonyl (C=O) groups is 2. The maximum atomic E-state index is 11.6. The molecule has 0 amide bonds. The minimum atomic E-state index is -1.20. The monoisotopic (exact) mass is 238 g/mol. The van der Waals surface area contributed by atoms with E-state index < -0.39 is 22.8 Å². The lowest BCUT2D eigenvalue weighted by atomic mass is 9.56. The van der Waals surface area contributed by atoms with Crippen LogP contribution in [0.25, 0.3) is 0 Å². The van der Waals surface area contributed by atoms with Crippen molar-refractivity contribution in [3.63, 3.8) is 0 Å². The fraction of sp³-hybridized carbons (Fsp3) is 0.692. The highest BCUT2D eigenvalue weighted by Crippen LogP contribution is 2.68. The van der Waals surface area contributed by atoms with Gasteiger partial charge in [0, 0.05) is 0 Å². The lowest BCUT2D eigenvalue weighted by Gasteiger charge is -2.44. The van der Waals surface area contributed by atoms with Crippen LogP contribution in [0.1, 0.15) is 34.1 Å². The Morgan fingerprint density at radius 1 is 1.00 bits per heavy atom. The Hall–Kier alpha value is -1.32. The van der Waals surface area contributed by atoms with Gasteiger partial charge in [-0.2, -0.15) is 0 Å². The van der Waals surface area contributed by atoms with E-state index in [1.54, 1.807) is 13.8 Å². The van der Waals surface area contributed by atoms with Gasteiger partial charge in [0.25, 0.3) is 0 Å². The molecule has 1 saturated carbocycles. The van der Waals surface area contributed by atoms with Gasteiger partial charge in [0.15, 0.2) is 0 Å². The second kappa shape index (κ2) is 3.12. The minimum absolute atomic E-state index is 0.147. The van der Waals surface area contributed by atoms with Crippen LogP contribution >= 0.6 is 0 Å². The van der Waals surface area contributed by atoms with Crippen molar-refractivity contribution >= 4 is 11.9 Å². The molecule has 4 heteroatoms. The predicted molar refractivity (Wildman–Crippen MR) is 61.5 cm³/mol. The maximum absolute atomic E-state index is 11.6. The summed E-state index contributed by atoms with van der Waals surface area (Å²) in [5, 5.41) is 19.0. The maximum Gasteiger partial charge on any atom is 0.311 e. The Bertz CT molecular complexity index is 410. The van der Waals surface area contributed by atoms with Gasteiger partial charge >= 0.3 is 11.9 Å². The second-order valence-electron chi connectivity index (χ2n) is 5.72. The molecular formula is C13H18O4. The largest absolute Gasteiger partial charge is 0.481 e. The highest BCUT2D eigenvalue weighted by Gasteiger charge is 2.71. The number of hydrogen-bond acceptors (Lipinski definition) is 2. The Labute approximate surface area is 100 Å². The summed E-state index contributed by atoms with van der Waals surface area (Å²) in [4.78, 5) is 23.2. The Kier molecular flexibility index (Phi) is 2.23. The van der Waals surface area contributed by atoms with E-state index in [4.69, 9.17) is 0 Å². The molecule has 4 nitrogen and oxygen atoms in total. The van der Waals surface area contributed by atoms with Crippen LogP contribution in [0.15, 0.2) is 11.1 Å². The van der Waals surface area contributed by atoms with Crippen LogP contribution in [0.4, 0.5) is 0 Å². The second-order valence-corrected chi connectivity index (χ2v) is 5.72. The molecule has 0 radical (unpaired) electrons. The summed E-state index contributed by atoms with van der Waals surface area (Å²) in [7, 11) is 0. The molecule has 1 fully saturated rings. The number of rotatable bonds is 2. The topological polar surface area (TPSA) is 74.6 Å². The number of carboxylic acids is 2. The molecule has 2 aliphatic rings. The van der Waals surface area contributed by atoms with Crippen LogP contribution < -0.4 is 0 Å². The van der Waals surface area contributed by atoms with Gasteiger partial charge in [-0.3, -0.25) is 9.59 Å². The van der Waals surface area contributed by atoms with E-state index in [9.17, 15) is 19.8 Å². The van der Waals surface area contributed by atoms with Crippen molar-refractivity contribution in [3.8, 4) is 0 Å². The summed E-state index contributed by atoms with van der Waals surface area (Å²) < 4.78 is 0. The van der Waals surface area contributed by atoms with E-state index in [1.165, 1.54) is 0 Å². The van der Waals surface area contributed by atoms with Gasteiger partial charge in [0.1, 0.15) is 0 Å². The first kappa shape index (κ1) is 12.1. The normalized spacial score (nSPS) is 44.2. The zero-order valence-electron chi connectivity index (χ0n) is 10.6. The van der Waals surface area contributed by atoms with E-state index >= 15 is 0 Å². The highest BCUT2D eigenvalue weighted by molar-refractivity contribution is 5.89. The third kappa shape index (κ3) is 1.04. The van der Waals surface area contributed by atoms with Gasteiger partial charge in [-0.1, -0.05) is 11.1 Å². The molecule has 2 unspecified atom stereocenters. The molecule has 0 heterocycles. The number of allylic oxidation sites excluding steroid dienone is 2. The van der Waals surface area contributed by atoms with Crippen molar-refractivity contribution < 1.29 is 19.8 Å². The molecule has 0 spiro atoms. The number of fused-ring (bicyclic) bond motifs is 2. The quantitative estimate of drug-likeness (QED) is 0.723. The summed E-state index contributed by atoms with van der Waals surface area (Å²) in [5.41, 5.74) is -0.266. The first-order valence-electron chi connectivity index (χ1n) is 5.83. The molecular weight excluding hydrogens is 220 g/mol. The average Bonchev–Trinajstić information content (AvgIpc) is 2.65. The van der Waals surface area contributed by atoms with Gasteiger partial charge in [-0.25, -0.2) is 0 Å². The van der Waals surface area contributed by atoms with Crippen LogP contribution in [-0.2, 0) is 9.59 Å². The summed E-state index contributed by atoms with van der Waals surface area (Å²) in [6.07, 6.45) is 0.656. The van der Waals surface area contributed by atoms with Gasteiger partial charge in [-0.05, 0) is 46.0 Å². The van der Waals surface area contributed by atoms with Crippen molar-refractivity contribution in [1.82, 2.24) is 0 Å². The molecule has 2 bridgehead atoms. The van der Waals surface area contributed by atoms with Gasteiger partial charge in [-0.15, -0.1) is 0 Å². The van der Waals surface area contributed by atoms with Crippen LogP contribution in [0.3, 0.4) is 0 Å². The standard InChI is InChI=1S/C13H18O4/c1-6-7(2)9-5-8(6)12(3,10(14)15)13(9,4)11(16)17/h8-9H,5H2,1-4H3,(H,14,15)(H,16,17)/t8-,9-,12?,13?/m0/s1. The first-order chi connectivity index (χ1) is 7.69. The van der Waals surface area contributed by atoms with Crippen LogP contribution in [0.5, 0.6) is 0 Å². The summed E-state index contributed by atoms with van der Waals surface area (Å²) in [6, 6.07) is 0. The molecule has 2 aliphatic carbocycles. The molecule has 0 aliphatic heterocycles. The van der Waals surface area contributed by atoms with Crippen molar-refractivity contribution in [2.24, 2.45) is 22.7 Å². The van der Waals surface area contributed by atoms with Crippen LogP contribution in [0.2, 0.25) is 0 Å². The van der Waals surface area contributed by atoms with E-state index in [2.05, 4.69) is 0 Å². The summed E-state index contributed by atoms with van der Waals surface area (Å²) >= 11 is 0. The van der Waals surface area contributed by atoms with E-state index in [0.717, 1.165) is 11.1 Å². The number of carboxylic acid groups (broad SMARTS) is 2. The number of hydrogen-bond donors (Lipinski definition) is 2. The van der Waals surface area contributed by atoms with Crippen LogP contribution in [-0.4, -0.2) is 22.2 Å². The van der Waals surface area contributed by atoms with Crippen molar-refractivity contribution in [2.45, 2.75) is 34.1 Å². The zero-order valence-corrected chi connectivity index (χ0v) is 10.6. The molecule has 17 heavy (non-hydrogen) atoms. The lowest BCUT2D eigenvalue weighted by molar-refractivity contribution is -0.173. The van der Waals surface area contributed by atoms with E-state index in [1.807, 2.05) is 13.8 Å². The SMILES string of the molecule is CC1=C(C)[C@@H]2C[C@@H]1C(C)(C(=O)O)C2(C)C(=O)O. The zero-order chi connectivity index (χ0) is 13.2. The molecule has 94 valence electrons. The first-order valence-corrected chi connectivity index (χ1v) is 5.83. The fourth-order valence-electron chi connectivity index (χ4n) is 3.94. The highest BCUT2D eigenvalue weighted by atomic mass is 16.4. The van der Waals surface area contributed by atoms with Gasteiger partial charge in [0.2, 0.25) is 0 Å². The summed E-state index contributed by atoms with van der Waals surface area (Å²) in [5.74, 6) is -2.29. The lowest BCUT2D eigenvalue weighted by Crippen LogP contribution is -2.53. The number of aliphatic carboxylic acids is 2. The average molecular weight is 238 g/mol. The van der Waals surface area contributed by atoms with Gasteiger partial charge in [0.05, 0.1) is 10.8 Å². The molecule has 0 aromatic carbocycles. The smallest absolute Gasteiger partial charge is 0.311 e. The third-order valence-electron chi connectivity index (χ3n) is 5.50. The van der Waals surface area contributed by atoms with E-state index in [-0.39, 0.29) is 11.8 Å². The van der Waals surface area contributed by atoms with Crippen molar-refractivity contribution in [1.29, 1.82) is 0 Å².